The number of hydrogen-bond donors (Lipinski definition) is 2. The number of likely N-dealkylation sites (tertiary alicyclic amines) is 1. The smallest absolute Gasteiger partial charge is 0.223 e. The summed E-state index contributed by atoms with van der Waals surface area (Å²) in [4.78, 5) is 16.4. The Morgan fingerprint density at radius 2 is 1.69 bits per heavy atom. The van der Waals surface area contributed by atoms with Crippen LogP contribution in [0.4, 0.5) is 0 Å². The fourth-order valence-electron chi connectivity index (χ4n) is 3.87. The predicted molar refractivity (Wildman–Crippen MR) is 114 cm³/mol. The van der Waals surface area contributed by atoms with Gasteiger partial charge >= 0.3 is 0 Å². The van der Waals surface area contributed by atoms with E-state index in [2.05, 4.69) is 30.9 Å². The lowest BCUT2D eigenvalue weighted by atomic mass is 9.98. The van der Waals surface area contributed by atoms with Gasteiger partial charge in [-0.25, -0.2) is 0 Å². The van der Waals surface area contributed by atoms with Crippen LogP contribution in [-0.4, -0.2) is 63.3 Å². The summed E-state index contributed by atoms with van der Waals surface area (Å²) in [7, 11) is 0. The molecule has 0 saturated carbocycles. The molecule has 3 rings (SSSR count). The monoisotopic (exact) mass is 396 g/mol. The molecule has 1 heterocycles. The van der Waals surface area contributed by atoms with Gasteiger partial charge in [-0.15, -0.1) is 0 Å². The maximum atomic E-state index is 12.7. The Labute approximate surface area is 173 Å². The normalized spacial score (nSPS) is 21.9. The van der Waals surface area contributed by atoms with Crippen molar-refractivity contribution in [3.63, 3.8) is 0 Å². The van der Waals surface area contributed by atoms with Gasteiger partial charge < -0.3 is 15.1 Å². The summed E-state index contributed by atoms with van der Waals surface area (Å²) in [6, 6.07) is 20.2. The quantitative estimate of drug-likeness (QED) is 0.720. The molecule has 0 radical (unpaired) electrons. The van der Waals surface area contributed by atoms with E-state index in [1.165, 1.54) is 0 Å². The van der Waals surface area contributed by atoms with E-state index in [1.807, 2.05) is 48.5 Å². The molecule has 2 N–H and O–H groups in total. The molecule has 5 nitrogen and oxygen atoms in total. The molecule has 0 aromatic heterocycles. The molecule has 2 aromatic rings. The molecule has 1 fully saturated rings. The minimum absolute atomic E-state index is 0.0250. The molecule has 2 aromatic carbocycles. The van der Waals surface area contributed by atoms with Gasteiger partial charge in [0.25, 0.3) is 0 Å². The lowest BCUT2D eigenvalue weighted by molar-refractivity contribution is -0.131. The van der Waals surface area contributed by atoms with E-state index in [0.717, 1.165) is 11.1 Å². The topological polar surface area (TPSA) is 64.0 Å². The van der Waals surface area contributed by atoms with E-state index in [-0.39, 0.29) is 25.0 Å². The number of β-amino-alcohol motifs (C(OH)–C–C–N with tert-alkyl or cyclic N) is 2. The summed E-state index contributed by atoms with van der Waals surface area (Å²) in [5.41, 5.74) is 0.958. The van der Waals surface area contributed by atoms with Gasteiger partial charge in [0, 0.05) is 32.1 Å². The number of amides is 1. The van der Waals surface area contributed by atoms with Crippen molar-refractivity contribution in [1.29, 1.82) is 0 Å². The first-order chi connectivity index (χ1) is 13.9. The highest BCUT2D eigenvalue weighted by Crippen LogP contribution is 2.26. The van der Waals surface area contributed by atoms with Crippen LogP contribution in [0, 0.1) is 0 Å². The van der Waals surface area contributed by atoms with Crippen molar-refractivity contribution in [2.24, 2.45) is 0 Å². The molecular weight excluding hydrogens is 364 g/mol. The Bertz CT molecular complexity index is 781. The zero-order valence-electron chi connectivity index (χ0n) is 17.4. The minimum Gasteiger partial charge on any atom is -0.388 e. The molecule has 2 atom stereocenters. The highest BCUT2D eigenvalue weighted by Gasteiger charge is 2.47. The standard InChI is InChI=1S/C24H32N2O3/c1-19(2)25(15-21-11-7-4-8-12-21)17-24(29)18-26(16-22(24)27)23(28)14-13-20-9-5-3-6-10-20/h3-12,19,22,27,29H,13-18H2,1-2H3/t22-,24+/m1/s1. The molecule has 0 unspecified atom stereocenters. The third kappa shape index (κ3) is 5.66. The van der Waals surface area contributed by atoms with Gasteiger partial charge in [0.1, 0.15) is 11.7 Å². The van der Waals surface area contributed by atoms with Crippen LogP contribution in [0.25, 0.3) is 0 Å². The molecule has 1 aliphatic heterocycles. The number of hydrogen-bond acceptors (Lipinski definition) is 4. The van der Waals surface area contributed by atoms with Gasteiger partial charge in [-0.2, -0.15) is 0 Å². The van der Waals surface area contributed by atoms with Crippen molar-refractivity contribution in [2.45, 2.75) is 51.0 Å². The Hall–Kier alpha value is -2.21. The number of carbonyl (C=O) groups excluding carboxylic acids is 1. The van der Waals surface area contributed by atoms with Crippen molar-refractivity contribution in [3.05, 3.63) is 71.8 Å². The average molecular weight is 397 g/mol. The third-order valence-electron chi connectivity index (χ3n) is 5.74. The van der Waals surface area contributed by atoms with Crippen molar-refractivity contribution in [2.75, 3.05) is 19.6 Å². The van der Waals surface area contributed by atoms with E-state index >= 15 is 0 Å². The highest BCUT2D eigenvalue weighted by atomic mass is 16.3. The molecule has 1 aliphatic rings. The maximum absolute atomic E-state index is 12.7. The summed E-state index contributed by atoms with van der Waals surface area (Å²) in [6.07, 6.45) is 0.0989. The van der Waals surface area contributed by atoms with Crippen LogP contribution in [0.1, 0.15) is 31.4 Å². The first-order valence-corrected chi connectivity index (χ1v) is 10.4. The summed E-state index contributed by atoms with van der Waals surface area (Å²) in [6.45, 7) is 5.52. The number of benzene rings is 2. The lowest BCUT2D eigenvalue weighted by Gasteiger charge is -2.35. The molecule has 1 saturated heterocycles. The van der Waals surface area contributed by atoms with E-state index in [1.54, 1.807) is 4.90 Å². The van der Waals surface area contributed by atoms with Crippen LogP contribution in [-0.2, 0) is 17.8 Å². The molecule has 0 bridgehead atoms. The summed E-state index contributed by atoms with van der Waals surface area (Å²) >= 11 is 0. The Balaban J connectivity index is 1.60. The SMILES string of the molecule is CC(C)N(Cc1ccccc1)C[C@]1(O)CN(C(=O)CCc2ccccc2)C[C@H]1O. The Morgan fingerprint density at radius 3 is 2.28 bits per heavy atom. The first kappa shape index (κ1) is 21.5. The van der Waals surface area contributed by atoms with Crippen LogP contribution in [0.15, 0.2) is 60.7 Å². The molecule has 5 heteroatoms. The lowest BCUT2D eigenvalue weighted by Crippen LogP contribution is -2.52. The van der Waals surface area contributed by atoms with Crippen LogP contribution >= 0.6 is 0 Å². The van der Waals surface area contributed by atoms with Gasteiger partial charge in [0.2, 0.25) is 5.91 Å². The van der Waals surface area contributed by atoms with Crippen molar-refractivity contribution in [3.8, 4) is 0 Å². The number of aliphatic hydroxyl groups is 2. The average Bonchev–Trinajstić information content (AvgIpc) is 3.02. The predicted octanol–water partition coefficient (Wildman–Crippen LogP) is 2.46. The molecular formula is C24H32N2O3. The molecule has 1 amide bonds. The summed E-state index contributed by atoms with van der Waals surface area (Å²) in [5, 5.41) is 21.8. The van der Waals surface area contributed by atoms with Crippen LogP contribution in [0.3, 0.4) is 0 Å². The fourth-order valence-corrected chi connectivity index (χ4v) is 3.87. The first-order valence-electron chi connectivity index (χ1n) is 10.4. The van der Waals surface area contributed by atoms with Gasteiger partial charge in [-0.3, -0.25) is 9.69 Å². The van der Waals surface area contributed by atoms with Gasteiger partial charge in [-0.05, 0) is 31.4 Å². The summed E-state index contributed by atoms with van der Waals surface area (Å²) in [5.74, 6) is -0.0250. The van der Waals surface area contributed by atoms with Crippen LogP contribution < -0.4 is 0 Å². The number of nitrogens with zero attached hydrogens (tertiary/aromatic N) is 2. The minimum atomic E-state index is -1.32. The highest BCUT2D eigenvalue weighted by molar-refractivity contribution is 5.77. The second-order valence-corrected chi connectivity index (χ2v) is 8.36. The zero-order valence-corrected chi connectivity index (χ0v) is 17.4. The van der Waals surface area contributed by atoms with Gasteiger partial charge in [-0.1, -0.05) is 60.7 Å². The summed E-state index contributed by atoms with van der Waals surface area (Å²) < 4.78 is 0. The third-order valence-corrected chi connectivity index (χ3v) is 5.74. The molecule has 0 spiro atoms. The maximum Gasteiger partial charge on any atom is 0.223 e. The van der Waals surface area contributed by atoms with E-state index < -0.39 is 11.7 Å². The molecule has 156 valence electrons. The fraction of sp³-hybridized carbons (Fsp3) is 0.458. The van der Waals surface area contributed by atoms with E-state index in [0.29, 0.717) is 25.9 Å². The van der Waals surface area contributed by atoms with Crippen molar-refractivity contribution in [1.82, 2.24) is 9.80 Å². The zero-order chi connectivity index (χ0) is 20.9. The van der Waals surface area contributed by atoms with Gasteiger partial charge in [0.15, 0.2) is 0 Å². The van der Waals surface area contributed by atoms with Crippen LogP contribution in [0.5, 0.6) is 0 Å². The van der Waals surface area contributed by atoms with Crippen molar-refractivity contribution < 1.29 is 15.0 Å². The Morgan fingerprint density at radius 1 is 1.10 bits per heavy atom. The molecule has 0 aliphatic carbocycles. The number of aliphatic hydroxyl groups excluding tert-OH is 1. The van der Waals surface area contributed by atoms with Gasteiger partial charge in [0.05, 0.1) is 6.54 Å². The second-order valence-electron chi connectivity index (χ2n) is 8.36. The largest absolute Gasteiger partial charge is 0.388 e. The second kappa shape index (κ2) is 9.53. The number of aryl methyl sites for hydroxylation is 1. The van der Waals surface area contributed by atoms with E-state index in [4.69, 9.17) is 0 Å². The van der Waals surface area contributed by atoms with Crippen LogP contribution in [0.2, 0.25) is 0 Å². The number of rotatable bonds is 8. The van der Waals surface area contributed by atoms with E-state index in [9.17, 15) is 15.0 Å². The number of carbonyl (C=O) groups is 1. The molecule has 29 heavy (non-hydrogen) atoms. The Kier molecular flexibility index (Phi) is 7.06. The van der Waals surface area contributed by atoms with Crippen molar-refractivity contribution >= 4 is 5.91 Å².